The molecule has 8 nitrogen and oxygen atoms in total. The normalized spacial score (nSPS) is 16.8. The maximum atomic E-state index is 12.1. The second kappa shape index (κ2) is 7.63. The van der Waals surface area contributed by atoms with Crippen molar-refractivity contribution >= 4 is 11.9 Å². The van der Waals surface area contributed by atoms with E-state index in [1.165, 1.54) is 0 Å². The number of hydrogen-bond acceptors (Lipinski definition) is 6. The van der Waals surface area contributed by atoms with Crippen LogP contribution in [0, 0.1) is 19.8 Å². The Kier molecular flexibility index (Phi) is 5.29. The van der Waals surface area contributed by atoms with Gasteiger partial charge >= 0.3 is 5.97 Å². The number of carboxylic acid groups (broad SMARTS) is 1. The summed E-state index contributed by atoms with van der Waals surface area (Å²) in [7, 11) is 0. The molecular weight excluding hydrogens is 336 g/mol. The molecule has 0 aromatic carbocycles. The number of nitrogens with zero attached hydrogens (tertiary/aromatic N) is 4. The quantitative estimate of drug-likeness (QED) is 0.841. The zero-order chi connectivity index (χ0) is 18.7. The minimum absolute atomic E-state index is 0.0531. The molecular formula is C18H22N4O4. The van der Waals surface area contributed by atoms with Crippen molar-refractivity contribution in [3.63, 3.8) is 0 Å². The average Bonchev–Trinajstić information content (AvgIpc) is 3.20. The summed E-state index contributed by atoms with van der Waals surface area (Å²) in [6.07, 6.45) is 4.83. The first-order chi connectivity index (χ1) is 12.5. The summed E-state index contributed by atoms with van der Waals surface area (Å²) in [5, 5.41) is 12.7. The minimum atomic E-state index is -0.947. The maximum Gasteiger partial charge on any atom is 0.303 e. The van der Waals surface area contributed by atoms with Gasteiger partial charge in [0.25, 0.3) is 0 Å². The lowest BCUT2D eigenvalue weighted by Crippen LogP contribution is -2.29. The Morgan fingerprint density at radius 2 is 2.04 bits per heavy atom. The van der Waals surface area contributed by atoms with Gasteiger partial charge in [0.2, 0.25) is 5.91 Å². The highest BCUT2D eigenvalue weighted by Gasteiger charge is 2.28. The standard InChI is InChI=1S/C18H22N4O4/c1-11-17(12(2)26-21-11)18-14(19-6-7-20-18)9-13-5-8-22(10-13)15(23)3-4-16(24)25/h6-7,13H,3-5,8-10H2,1-2H3,(H,24,25)/t13-/m1/s1. The Hall–Kier alpha value is -2.77. The van der Waals surface area contributed by atoms with Crippen LogP contribution >= 0.6 is 0 Å². The molecule has 8 heteroatoms. The molecule has 1 saturated heterocycles. The smallest absolute Gasteiger partial charge is 0.303 e. The van der Waals surface area contributed by atoms with Crippen LogP contribution in [0.4, 0.5) is 0 Å². The molecule has 3 rings (SSSR count). The van der Waals surface area contributed by atoms with E-state index < -0.39 is 5.97 Å². The third kappa shape index (κ3) is 3.89. The third-order valence-electron chi connectivity index (χ3n) is 4.72. The van der Waals surface area contributed by atoms with Crippen molar-refractivity contribution in [1.29, 1.82) is 0 Å². The molecule has 1 aliphatic heterocycles. The summed E-state index contributed by atoms with van der Waals surface area (Å²) >= 11 is 0. The van der Waals surface area contributed by atoms with Crippen LogP contribution in [0.25, 0.3) is 11.3 Å². The van der Waals surface area contributed by atoms with Crippen LogP contribution in [0.5, 0.6) is 0 Å². The van der Waals surface area contributed by atoms with Crippen molar-refractivity contribution < 1.29 is 19.2 Å². The molecule has 0 radical (unpaired) electrons. The number of aliphatic carboxylic acids is 1. The number of rotatable bonds is 6. The van der Waals surface area contributed by atoms with Gasteiger partial charge in [-0.25, -0.2) is 0 Å². The summed E-state index contributed by atoms with van der Waals surface area (Å²) in [5.41, 5.74) is 3.30. The fraction of sp³-hybridized carbons (Fsp3) is 0.500. The monoisotopic (exact) mass is 358 g/mol. The molecule has 1 atom stereocenters. The first-order valence-electron chi connectivity index (χ1n) is 8.68. The number of amides is 1. The Labute approximate surface area is 151 Å². The van der Waals surface area contributed by atoms with Crippen molar-refractivity contribution in [2.45, 2.75) is 39.5 Å². The predicted octanol–water partition coefficient (Wildman–Crippen LogP) is 2.00. The highest BCUT2D eigenvalue weighted by atomic mass is 16.5. The molecule has 0 unspecified atom stereocenters. The topological polar surface area (TPSA) is 109 Å². The molecule has 0 saturated carbocycles. The molecule has 0 spiro atoms. The summed E-state index contributed by atoms with van der Waals surface area (Å²) < 4.78 is 5.25. The van der Waals surface area contributed by atoms with Crippen LogP contribution in [0.15, 0.2) is 16.9 Å². The average molecular weight is 358 g/mol. The van der Waals surface area contributed by atoms with E-state index in [1.54, 1.807) is 17.3 Å². The number of carbonyl (C=O) groups excluding carboxylic acids is 1. The van der Waals surface area contributed by atoms with E-state index in [1.807, 2.05) is 13.8 Å². The SMILES string of the molecule is Cc1noc(C)c1-c1nccnc1C[C@H]1CCN(C(=O)CCC(=O)O)C1. The third-order valence-corrected chi connectivity index (χ3v) is 4.72. The Bertz CT molecular complexity index is 798. The highest BCUT2D eigenvalue weighted by Crippen LogP contribution is 2.30. The van der Waals surface area contributed by atoms with Crippen molar-refractivity contribution in [3.8, 4) is 11.3 Å². The van der Waals surface area contributed by atoms with Crippen LogP contribution in [0.2, 0.25) is 0 Å². The number of aryl methyl sites for hydroxylation is 2. The van der Waals surface area contributed by atoms with Crippen molar-refractivity contribution in [2.75, 3.05) is 13.1 Å². The van der Waals surface area contributed by atoms with E-state index in [-0.39, 0.29) is 24.7 Å². The fourth-order valence-corrected chi connectivity index (χ4v) is 3.42. The molecule has 0 bridgehead atoms. The van der Waals surface area contributed by atoms with Crippen LogP contribution in [0.1, 0.15) is 36.4 Å². The van der Waals surface area contributed by atoms with Crippen LogP contribution in [0.3, 0.4) is 0 Å². The van der Waals surface area contributed by atoms with E-state index in [0.717, 1.165) is 29.1 Å². The summed E-state index contributed by atoms with van der Waals surface area (Å²) in [6.45, 7) is 5.01. The van der Waals surface area contributed by atoms with Gasteiger partial charge in [0.1, 0.15) is 5.76 Å². The van der Waals surface area contributed by atoms with Gasteiger partial charge in [0, 0.05) is 31.9 Å². The van der Waals surface area contributed by atoms with E-state index in [2.05, 4.69) is 15.1 Å². The van der Waals surface area contributed by atoms with Gasteiger partial charge in [-0.15, -0.1) is 0 Å². The Balaban J connectivity index is 1.69. The largest absolute Gasteiger partial charge is 0.481 e. The van der Waals surface area contributed by atoms with Gasteiger partial charge < -0.3 is 14.5 Å². The van der Waals surface area contributed by atoms with Gasteiger partial charge in [-0.1, -0.05) is 5.16 Å². The van der Waals surface area contributed by atoms with Gasteiger partial charge in [-0.05, 0) is 32.6 Å². The second-order valence-corrected chi connectivity index (χ2v) is 6.64. The second-order valence-electron chi connectivity index (χ2n) is 6.64. The van der Waals surface area contributed by atoms with Crippen molar-refractivity contribution in [1.82, 2.24) is 20.0 Å². The van der Waals surface area contributed by atoms with Gasteiger partial charge in [-0.3, -0.25) is 19.6 Å². The first kappa shape index (κ1) is 18.0. The summed E-state index contributed by atoms with van der Waals surface area (Å²) in [5.74, 6) is -0.0569. The Morgan fingerprint density at radius 1 is 1.27 bits per heavy atom. The highest BCUT2D eigenvalue weighted by molar-refractivity contribution is 5.80. The van der Waals surface area contributed by atoms with E-state index in [9.17, 15) is 9.59 Å². The first-order valence-corrected chi connectivity index (χ1v) is 8.68. The number of hydrogen-bond donors (Lipinski definition) is 1. The number of likely N-dealkylation sites (tertiary alicyclic amines) is 1. The van der Waals surface area contributed by atoms with Gasteiger partial charge in [0.05, 0.1) is 29.1 Å². The summed E-state index contributed by atoms with van der Waals surface area (Å²) in [6, 6.07) is 0. The van der Waals surface area contributed by atoms with Crippen molar-refractivity contribution in [2.24, 2.45) is 5.92 Å². The van der Waals surface area contributed by atoms with Gasteiger partial charge in [-0.2, -0.15) is 0 Å². The molecule has 2 aromatic heterocycles. The zero-order valence-electron chi connectivity index (χ0n) is 14.9. The fourth-order valence-electron chi connectivity index (χ4n) is 3.42. The van der Waals surface area contributed by atoms with Crippen LogP contribution < -0.4 is 0 Å². The molecule has 1 amide bonds. The lowest BCUT2D eigenvalue weighted by molar-refractivity contribution is -0.140. The lowest BCUT2D eigenvalue weighted by Gasteiger charge is -2.16. The molecule has 1 fully saturated rings. The molecule has 138 valence electrons. The predicted molar refractivity (Wildman–Crippen MR) is 92.3 cm³/mol. The van der Waals surface area contributed by atoms with Crippen LogP contribution in [-0.2, 0) is 16.0 Å². The molecule has 3 heterocycles. The maximum absolute atomic E-state index is 12.1. The molecule has 2 aromatic rings. The number of aromatic nitrogens is 3. The van der Waals surface area contributed by atoms with E-state index in [4.69, 9.17) is 9.63 Å². The molecule has 1 aliphatic rings. The molecule has 0 aliphatic carbocycles. The Morgan fingerprint density at radius 3 is 2.73 bits per heavy atom. The van der Waals surface area contributed by atoms with E-state index in [0.29, 0.717) is 25.3 Å². The van der Waals surface area contributed by atoms with Crippen molar-refractivity contribution in [3.05, 3.63) is 29.5 Å². The summed E-state index contributed by atoms with van der Waals surface area (Å²) in [4.78, 5) is 33.5. The number of carbonyl (C=O) groups is 2. The van der Waals surface area contributed by atoms with Crippen LogP contribution in [-0.4, -0.2) is 50.1 Å². The molecule has 26 heavy (non-hydrogen) atoms. The van der Waals surface area contributed by atoms with E-state index >= 15 is 0 Å². The minimum Gasteiger partial charge on any atom is -0.481 e. The molecule has 1 N–H and O–H groups in total. The number of carboxylic acids is 1. The van der Waals surface area contributed by atoms with Gasteiger partial charge in [0.15, 0.2) is 0 Å². The lowest BCUT2D eigenvalue weighted by atomic mass is 9.98. The zero-order valence-corrected chi connectivity index (χ0v) is 14.9.